The van der Waals surface area contributed by atoms with Gasteiger partial charge in [-0.1, -0.05) is 0 Å². The molecule has 0 saturated carbocycles. The van der Waals surface area contributed by atoms with Crippen LogP contribution in [-0.4, -0.2) is 73.5 Å². The van der Waals surface area contributed by atoms with E-state index in [1.807, 2.05) is 24.3 Å². The zero-order valence-corrected chi connectivity index (χ0v) is 14.3. The number of hydrogen-bond donors (Lipinski definition) is 0. The molecular weight excluding hydrogens is 308 g/mol. The van der Waals surface area contributed by atoms with Crippen molar-refractivity contribution >= 4 is 0 Å². The highest BCUT2D eigenvalue weighted by molar-refractivity contribution is 5.53. The summed E-state index contributed by atoms with van der Waals surface area (Å²) in [5, 5.41) is 8.33. The maximum Gasteiger partial charge on any atom is 0.247 e. The van der Waals surface area contributed by atoms with Gasteiger partial charge in [0.05, 0.1) is 20.3 Å². The van der Waals surface area contributed by atoms with Crippen LogP contribution >= 0.6 is 0 Å². The SMILES string of the molecule is COCCN1CCN(Cc2nnc(-c3ccc(OC)cc3)o2)CC1. The van der Waals surface area contributed by atoms with Crippen LogP contribution < -0.4 is 4.74 Å². The van der Waals surface area contributed by atoms with E-state index < -0.39 is 0 Å². The first-order chi connectivity index (χ1) is 11.8. The largest absolute Gasteiger partial charge is 0.497 e. The van der Waals surface area contributed by atoms with Gasteiger partial charge in [0.1, 0.15) is 5.75 Å². The summed E-state index contributed by atoms with van der Waals surface area (Å²) in [6.45, 7) is 6.57. The monoisotopic (exact) mass is 332 g/mol. The third-order valence-corrected chi connectivity index (χ3v) is 4.24. The predicted octanol–water partition coefficient (Wildman–Crippen LogP) is 1.51. The zero-order valence-electron chi connectivity index (χ0n) is 14.3. The molecule has 1 aliphatic rings. The van der Waals surface area contributed by atoms with Crippen LogP contribution in [0.4, 0.5) is 0 Å². The second-order valence-corrected chi connectivity index (χ2v) is 5.84. The molecule has 0 amide bonds. The fraction of sp³-hybridized carbons (Fsp3) is 0.529. The normalized spacial score (nSPS) is 16.4. The van der Waals surface area contributed by atoms with E-state index >= 15 is 0 Å². The van der Waals surface area contributed by atoms with Gasteiger partial charge in [-0.15, -0.1) is 10.2 Å². The van der Waals surface area contributed by atoms with Crippen LogP contribution in [0.15, 0.2) is 28.7 Å². The highest BCUT2D eigenvalue weighted by Gasteiger charge is 2.19. The van der Waals surface area contributed by atoms with Crippen molar-refractivity contribution in [2.75, 3.05) is 53.6 Å². The van der Waals surface area contributed by atoms with E-state index in [1.165, 1.54) is 0 Å². The van der Waals surface area contributed by atoms with Gasteiger partial charge in [0.25, 0.3) is 0 Å². The average molecular weight is 332 g/mol. The minimum Gasteiger partial charge on any atom is -0.497 e. The van der Waals surface area contributed by atoms with E-state index in [-0.39, 0.29) is 0 Å². The van der Waals surface area contributed by atoms with Gasteiger partial charge in [0.2, 0.25) is 11.8 Å². The summed E-state index contributed by atoms with van der Waals surface area (Å²) >= 11 is 0. The molecule has 0 bridgehead atoms. The summed E-state index contributed by atoms with van der Waals surface area (Å²) in [6, 6.07) is 7.62. The Kier molecular flexibility index (Phi) is 5.79. The summed E-state index contributed by atoms with van der Waals surface area (Å²) in [5.41, 5.74) is 0.902. The second kappa shape index (κ2) is 8.23. The van der Waals surface area contributed by atoms with Crippen LogP contribution in [0.5, 0.6) is 5.75 Å². The first-order valence-electron chi connectivity index (χ1n) is 8.19. The fourth-order valence-electron chi connectivity index (χ4n) is 2.75. The van der Waals surface area contributed by atoms with Gasteiger partial charge in [-0.2, -0.15) is 0 Å². The number of methoxy groups -OCH3 is 2. The molecule has 0 atom stereocenters. The van der Waals surface area contributed by atoms with E-state index in [9.17, 15) is 0 Å². The molecule has 0 aliphatic carbocycles. The molecule has 7 heteroatoms. The summed E-state index contributed by atoms with van der Waals surface area (Å²) in [5.74, 6) is 2.02. The first-order valence-corrected chi connectivity index (χ1v) is 8.19. The fourth-order valence-corrected chi connectivity index (χ4v) is 2.75. The van der Waals surface area contributed by atoms with Crippen molar-refractivity contribution in [1.82, 2.24) is 20.0 Å². The van der Waals surface area contributed by atoms with Crippen molar-refractivity contribution in [2.45, 2.75) is 6.54 Å². The van der Waals surface area contributed by atoms with Gasteiger partial charge < -0.3 is 13.9 Å². The quantitative estimate of drug-likeness (QED) is 0.761. The van der Waals surface area contributed by atoms with Gasteiger partial charge in [0.15, 0.2) is 0 Å². The van der Waals surface area contributed by atoms with Crippen molar-refractivity contribution in [1.29, 1.82) is 0 Å². The molecule has 0 spiro atoms. The van der Waals surface area contributed by atoms with E-state index in [4.69, 9.17) is 13.9 Å². The van der Waals surface area contributed by atoms with Gasteiger partial charge >= 0.3 is 0 Å². The van der Waals surface area contributed by atoms with Crippen LogP contribution in [0.2, 0.25) is 0 Å². The topological polar surface area (TPSA) is 63.9 Å². The maximum atomic E-state index is 5.80. The predicted molar refractivity (Wildman–Crippen MR) is 89.9 cm³/mol. The van der Waals surface area contributed by atoms with Crippen LogP contribution in [0.3, 0.4) is 0 Å². The molecule has 3 rings (SSSR count). The zero-order chi connectivity index (χ0) is 16.8. The Bertz CT molecular complexity index is 621. The molecule has 2 heterocycles. The van der Waals surface area contributed by atoms with E-state index in [1.54, 1.807) is 14.2 Å². The number of benzene rings is 1. The molecule has 1 saturated heterocycles. The van der Waals surface area contributed by atoms with E-state index in [0.29, 0.717) is 18.3 Å². The van der Waals surface area contributed by atoms with Gasteiger partial charge in [-0.25, -0.2) is 0 Å². The summed E-state index contributed by atoms with van der Waals surface area (Å²) in [4.78, 5) is 4.76. The number of nitrogens with zero attached hydrogens (tertiary/aromatic N) is 4. The molecule has 1 aromatic heterocycles. The molecule has 2 aromatic rings. The number of piperazine rings is 1. The first kappa shape index (κ1) is 16.9. The van der Waals surface area contributed by atoms with E-state index in [2.05, 4.69) is 20.0 Å². The molecule has 0 N–H and O–H groups in total. The lowest BCUT2D eigenvalue weighted by molar-refractivity contribution is 0.0897. The Morgan fingerprint density at radius 3 is 2.38 bits per heavy atom. The third kappa shape index (κ3) is 4.31. The number of rotatable bonds is 7. The van der Waals surface area contributed by atoms with Crippen molar-refractivity contribution in [3.63, 3.8) is 0 Å². The Morgan fingerprint density at radius 1 is 1.00 bits per heavy atom. The summed E-state index contributed by atoms with van der Waals surface area (Å²) < 4.78 is 16.1. The molecule has 1 aromatic carbocycles. The molecule has 1 fully saturated rings. The van der Waals surface area contributed by atoms with Gasteiger partial charge in [-0.05, 0) is 24.3 Å². The van der Waals surface area contributed by atoms with Gasteiger partial charge in [0, 0.05) is 45.4 Å². The molecule has 24 heavy (non-hydrogen) atoms. The average Bonchev–Trinajstić information content (AvgIpc) is 3.10. The standard InChI is InChI=1S/C17H24N4O3/c1-22-12-11-20-7-9-21(10-8-20)13-16-18-19-17(24-16)14-3-5-15(23-2)6-4-14/h3-6H,7-13H2,1-2H3. The third-order valence-electron chi connectivity index (χ3n) is 4.24. The molecule has 0 unspecified atom stereocenters. The lowest BCUT2D eigenvalue weighted by atomic mass is 10.2. The lowest BCUT2D eigenvalue weighted by Gasteiger charge is -2.33. The van der Waals surface area contributed by atoms with Crippen molar-refractivity contribution in [2.24, 2.45) is 0 Å². The molecule has 7 nitrogen and oxygen atoms in total. The van der Waals surface area contributed by atoms with Crippen molar-refractivity contribution < 1.29 is 13.9 Å². The summed E-state index contributed by atoms with van der Waals surface area (Å²) in [7, 11) is 3.39. The van der Waals surface area contributed by atoms with E-state index in [0.717, 1.165) is 50.6 Å². The Labute approximate surface area is 142 Å². The smallest absolute Gasteiger partial charge is 0.247 e. The minimum absolute atomic E-state index is 0.548. The Hall–Kier alpha value is -1.96. The second-order valence-electron chi connectivity index (χ2n) is 5.84. The Morgan fingerprint density at radius 2 is 1.71 bits per heavy atom. The number of ether oxygens (including phenoxy) is 2. The Balaban J connectivity index is 1.53. The number of hydrogen-bond acceptors (Lipinski definition) is 7. The van der Waals surface area contributed by atoms with Crippen LogP contribution in [-0.2, 0) is 11.3 Å². The molecular formula is C17H24N4O3. The van der Waals surface area contributed by atoms with Crippen LogP contribution in [0.25, 0.3) is 11.5 Å². The van der Waals surface area contributed by atoms with Gasteiger partial charge in [-0.3, -0.25) is 9.80 Å². The summed E-state index contributed by atoms with van der Waals surface area (Å²) in [6.07, 6.45) is 0. The van der Waals surface area contributed by atoms with Crippen LogP contribution in [0, 0.1) is 0 Å². The maximum absolute atomic E-state index is 5.80. The lowest BCUT2D eigenvalue weighted by Crippen LogP contribution is -2.46. The minimum atomic E-state index is 0.548. The number of aromatic nitrogens is 2. The van der Waals surface area contributed by atoms with Crippen LogP contribution in [0.1, 0.15) is 5.89 Å². The molecule has 0 radical (unpaired) electrons. The van der Waals surface area contributed by atoms with Crippen molar-refractivity contribution in [3.8, 4) is 17.2 Å². The van der Waals surface area contributed by atoms with Crippen molar-refractivity contribution in [3.05, 3.63) is 30.2 Å². The molecule has 130 valence electrons. The molecule has 1 aliphatic heterocycles. The highest BCUT2D eigenvalue weighted by atomic mass is 16.5. The highest BCUT2D eigenvalue weighted by Crippen LogP contribution is 2.21.